The van der Waals surface area contributed by atoms with E-state index >= 15 is 0 Å². The van der Waals surface area contributed by atoms with Crippen molar-refractivity contribution < 1.29 is 4.79 Å². The van der Waals surface area contributed by atoms with Crippen LogP contribution < -0.4 is 0 Å². The molecule has 4 rings (SSSR count). The van der Waals surface area contributed by atoms with E-state index in [2.05, 4.69) is 52.8 Å². The van der Waals surface area contributed by atoms with Crippen molar-refractivity contribution in [2.45, 2.75) is 53.4 Å². The Kier molecular flexibility index (Phi) is 5.96. The van der Waals surface area contributed by atoms with Crippen molar-refractivity contribution >= 4 is 39.8 Å². The molecule has 0 unspecified atom stereocenters. The van der Waals surface area contributed by atoms with Crippen molar-refractivity contribution in [2.75, 3.05) is 0 Å². The molecule has 0 saturated carbocycles. The number of nitrogens with one attached hydrogen (secondary N) is 1. The van der Waals surface area contributed by atoms with Crippen molar-refractivity contribution in [3.63, 3.8) is 0 Å². The summed E-state index contributed by atoms with van der Waals surface area (Å²) in [7, 11) is 0. The molecule has 0 saturated heterocycles. The van der Waals surface area contributed by atoms with Crippen LogP contribution >= 0.6 is 11.8 Å². The second kappa shape index (κ2) is 8.67. The third-order valence-corrected chi connectivity index (χ3v) is 6.52. The zero-order valence-electron chi connectivity index (χ0n) is 18.4. The highest BCUT2D eigenvalue weighted by atomic mass is 32.2. The Balaban J connectivity index is 1.64. The number of aryl methyl sites for hydroxylation is 2. The fraction of sp³-hybridized carbons (Fsp3) is 0.333. The minimum absolute atomic E-state index is 0.0909. The first kappa shape index (κ1) is 21.3. The maximum Gasteiger partial charge on any atom is 0.283 e. The number of nitrogens with zero attached hydrogens (tertiary/aromatic N) is 4. The molecule has 0 spiro atoms. The van der Waals surface area contributed by atoms with Crippen LogP contribution in [0.2, 0.25) is 0 Å². The third kappa shape index (κ3) is 4.14. The van der Waals surface area contributed by atoms with Crippen molar-refractivity contribution in [3.05, 3.63) is 58.4 Å². The van der Waals surface area contributed by atoms with Crippen LogP contribution in [-0.4, -0.2) is 31.5 Å². The SMILES string of the molecule is CCCCCC1=NN2C(=N)/C(=C\c3cc(C)n(-c4ccc(C)cc4)c3C)C(=O)N=C2S1. The molecule has 2 aliphatic rings. The summed E-state index contributed by atoms with van der Waals surface area (Å²) >= 11 is 1.40. The fourth-order valence-corrected chi connectivity index (χ4v) is 4.77. The number of unbranched alkanes of at least 4 members (excludes halogenated alkanes) is 2. The number of benzene rings is 1. The van der Waals surface area contributed by atoms with Crippen LogP contribution in [0.3, 0.4) is 0 Å². The van der Waals surface area contributed by atoms with Crippen LogP contribution in [0.15, 0.2) is 46.0 Å². The lowest BCUT2D eigenvalue weighted by molar-refractivity contribution is -0.114. The topological polar surface area (TPSA) is 73.8 Å². The zero-order valence-corrected chi connectivity index (χ0v) is 19.2. The highest BCUT2D eigenvalue weighted by Gasteiger charge is 2.35. The molecule has 3 heterocycles. The van der Waals surface area contributed by atoms with Gasteiger partial charge in [0.05, 0.1) is 5.57 Å². The smallest absolute Gasteiger partial charge is 0.283 e. The molecule has 31 heavy (non-hydrogen) atoms. The van der Waals surface area contributed by atoms with E-state index in [1.54, 1.807) is 6.08 Å². The molecular weight excluding hydrogens is 406 g/mol. The molecule has 0 atom stereocenters. The number of carbonyl (C=O) groups is 1. The second-order valence-corrected chi connectivity index (χ2v) is 9.01. The summed E-state index contributed by atoms with van der Waals surface area (Å²) in [6.45, 7) is 8.31. The van der Waals surface area contributed by atoms with Gasteiger partial charge in [-0.1, -0.05) is 37.5 Å². The molecule has 0 fully saturated rings. The van der Waals surface area contributed by atoms with Gasteiger partial charge in [-0.2, -0.15) is 15.1 Å². The lowest BCUT2D eigenvalue weighted by atomic mass is 10.1. The van der Waals surface area contributed by atoms with E-state index in [-0.39, 0.29) is 17.3 Å². The highest BCUT2D eigenvalue weighted by Crippen LogP contribution is 2.31. The maximum absolute atomic E-state index is 12.7. The van der Waals surface area contributed by atoms with E-state index in [0.717, 1.165) is 53.4 Å². The van der Waals surface area contributed by atoms with Gasteiger partial charge in [0.2, 0.25) is 5.17 Å². The van der Waals surface area contributed by atoms with Crippen molar-refractivity contribution in [1.82, 2.24) is 9.58 Å². The summed E-state index contributed by atoms with van der Waals surface area (Å²) in [6.07, 6.45) is 5.97. The average Bonchev–Trinajstić information content (AvgIpc) is 3.26. The summed E-state index contributed by atoms with van der Waals surface area (Å²) in [5, 5.41) is 16.1. The molecule has 1 aromatic heterocycles. The molecule has 6 nitrogen and oxygen atoms in total. The molecule has 0 bridgehead atoms. The van der Waals surface area contributed by atoms with E-state index in [1.807, 2.05) is 19.9 Å². The Morgan fingerprint density at radius 2 is 1.87 bits per heavy atom. The Labute approximate surface area is 187 Å². The van der Waals surface area contributed by atoms with E-state index < -0.39 is 0 Å². The number of hydrogen-bond acceptors (Lipinski definition) is 4. The van der Waals surface area contributed by atoms with E-state index in [0.29, 0.717) is 5.17 Å². The van der Waals surface area contributed by atoms with Gasteiger partial charge in [-0.05, 0) is 75.2 Å². The van der Waals surface area contributed by atoms with Gasteiger partial charge in [-0.15, -0.1) is 0 Å². The van der Waals surface area contributed by atoms with Gasteiger partial charge >= 0.3 is 0 Å². The summed E-state index contributed by atoms with van der Waals surface area (Å²) in [5.74, 6) is -0.290. The molecular formula is C24H27N5OS. The number of carbonyl (C=O) groups excluding carboxylic acids is 1. The molecule has 2 aliphatic heterocycles. The Morgan fingerprint density at radius 1 is 1.13 bits per heavy atom. The van der Waals surface area contributed by atoms with Gasteiger partial charge in [0.1, 0.15) is 5.04 Å². The first-order chi connectivity index (χ1) is 14.9. The molecule has 1 aromatic carbocycles. The minimum atomic E-state index is -0.381. The molecule has 160 valence electrons. The van der Waals surface area contributed by atoms with Gasteiger partial charge < -0.3 is 4.57 Å². The third-order valence-electron chi connectivity index (χ3n) is 5.55. The van der Waals surface area contributed by atoms with E-state index in [1.165, 1.54) is 22.3 Å². The Morgan fingerprint density at radius 3 is 2.58 bits per heavy atom. The first-order valence-corrected chi connectivity index (χ1v) is 11.5. The van der Waals surface area contributed by atoms with Gasteiger partial charge in [0, 0.05) is 17.1 Å². The number of aliphatic imine (C=N–C) groups is 1. The number of fused-ring (bicyclic) bond motifs is 1. The van der Waals surface area contributed by atoms with Gasteiger partial charge in [0.25, 0.3) is 5.91 Å². The minimum Gasteiger partial charge on any atom is -0.318 e. The summed E-state index contributed by atoms with van der Waals surface area (Å²) in [5.41, 5.74) is 5.55. The molecule has 7 heteroatoms. The summed E-state index contributed by atoms with van der Waals surface area (Å²) in [4.78, 5) is 16.9. The number of aromatic nitrogens is 1. The lowest BCUT2D eigenvalue weighted by Crippen LogP contribution is -2.35. The van der Waals surface area contributed by atoms with E-state index in [4.69, 9.17) is 5.41 Å². The van der Waals surface area contributed by atoms with Crippen molar-refractivity contribution in [3.8, 4) is 5.69 Å². The predicted molar refractivity (Wildman–Crippen MR) is 129 cm³/mol. The quantitative estimate of drug-likeness (QED) is 0.476. The highest BCUT2D eigenvalue weighted by molar-refractivity contribution is 8.26. The average molecular weight is 434 g/mol. The molecule has 1 N–H and O–H groups in total. The number of amidine groups is 2. The van der Waals surface area contributed by atoms with Crippen LogP contribution in [0.4, 0.5) is 0 Å². The van der Waals surface area contributed by atoms with Gasteiger partial charge in [-0.3, -0.25) is 10.2 Å². The normalized spacial score (nSPS) is 17.3. The van der Waals surface area contributed by atoms with Crippen LogP contribution in [-0.2, 0) is 4.79 Å². The van der Waals surface area contributed by atoms with Gasteiger partial charge in [0.15, 0.2) is 5.84 Å². The Bertz CT molecular complexity index is 1140. The summed E-state index contributed by atoms with van der Waals surface area (Å²) in [6, 6.07) is 10.4. The van der Waals surface area contributed by atoms with E-state index in [9.17, 15) is 4.79 Å². The van der Waals surface area contributed by atoms with Crippen LogP contribution in [0.1, 0.15) is 55.1 Å². The van der Waals surface area contributed by atoms with Gasteiger partial charge in [-0.25, -0.2) is 0 Å². The fourth-order valence-electron chi connectivity index (χ4n) is 3.84. The number of thioether (sulfide) groups is 1. The molecule has 2 aromatic rings. The van der Waals surface area contributed by atoms with Crippen LogP contribution in [0.25, 0.3) is 11.8 Å². The van der Waals surface area contributed by atoms with Crippen molar-refractivity contribution in [2.24, 2.45) is 10.1 Å². The Hall–Kier alpha value is -2.93. The number of hydrazone groups is 1. The summed E-state index contributed by atoms with van der Waals surface area (Å²) < 4.78 is 2.16. The van der Waals surface area contributed by atoms with Crippen molar-refractivity contribution in [1.29, 1.82) is 5.41 Å². The predicted octanol–water partition coefficient (Wildman–Crippen LogP) is 5.60. The van der Waals surface area contributed by atoms with Crippen LogP contribution in [0.5, 0.6) is 0 Å². The second-order valence-electron chi connectivity index (χ2n) is 7.97. The monoisotopic (exact) mass is 433 g/mol. The van der Waals surface area contributed by atoms with Crippen LogP contribution in [0, 0.1) is 26.2 Å². The number of amides is 1. The lowest BCUT2D eigenvalue weighted by Gasteiger charge is -2.20. The largest absolute Gasteiger partial charge is 0.318 e. The number of hydrogen-bond donors (Lipinski definition) is 1. The number of rotatable bonds is 6. The maximum atomic E-state index is 12.7. The zero-order chi connectivity index (χ0) is 22.1. The standard InChI is InChI=1S/C24H27N5OS/c1-5-6-7-8-21-27-29-22(25)20(23(30)26-24(29)31-21)14-18-13-16(3)28(17(18)4)19-11-9-15(2)10-12-19/h9-14,25H,5-8H2,1-4H3/b20-14+,25-22?. The molecule has 0 aliphatic carbocycles. The molecule has 1 amide bonds. The first-order valence-electron chi connectivity index (χ1n) is 10.6. The molecule has 0 radical (unpaired) electrons.